The van der Waals surface area contributed by atoms with Gasteiger partial charge < -0.3 is 10.2 Å². The molecule has 1 unspecified atom stereocenters. The monoisotopic (exact) mass is 250 g/mol. The number of nitrogen functional groups attached to an aromatic ring is 1. The second kappa shape index (κ2) is 6.68. The molecule has 0 saturated carbocycles. The number of nitrogens with one attached hydrogen (secondary N) is 1. The summed E-state index contributed by atoms with van der Waals surface area (Å²) >= 11 is 0. The zero-order chi connectivity index (χ0) is 12.8. The van der Waals surface area contributed by atoms with Crippen LogP contribution in [0.15, 0.2) is 18.3 Å². The van der Waals surface area contributed by atoms with Crippen molar-refractivity contribution in [3.05, 3.63) is 23.9 Å². The van der Waals surface area contributed by atoms with E-state index < -0.39 is 0 Å². The first-order valence-corrected chi connectivity index (χ1v) is 6.49. The van der Waals surface area contributed by atoms with Crippen LogP contribution in [0, 0.1) is 0 Å². The lowest BCUT2D eigenvalue weighted by atomic mass is 10.1. The molecule has 5 nitrogen and oxygen atoms in total. The first-order valence-electron chi connectivity index (χ1n) is 6.49. The summed E-state index contributed by atoms with van der Waals surface area (Å²) < 4.78 is 5.74. The lowest BCUT2D eigenvalue weighted by Gasteiger charge is -2.27. The van der Waals surface area contributed by atoms with Crippen molar-refractivity contribution in [1.29, 1.82) is 0 Å². The van der Waals surface area contributed by atoms with Gasteiger partial charge >= 0.3 is 0 Å². The van der Waals surface area contributed by atoms with Gasteiger partial charge in [0.05, 0.1) is 6.10 Å². The van der Waals surface area contributed by atoms with E-state index in [0.717, 1.165) is 19.7 Å². The predicted molar refractivity (Wildman–Crippen MR) is 72.0 cm³/mol. The summed E-state index contributed by atoms with van der Waals surface area (Å²) in [5.41, 5.74) is 3.77. The molecule has 1 aliphatic rings. The summed E-state index contributed by atoms with van der Waals surface area (Å²) in [4.78, 5) is 6.38. The third kappa shape index (κ3) is 3.94. The summed E-state index contributed by atoms with van der Waals surface area (Å²) in [6.45, 7) is 2.78. The number of ether oxygens (including phenoxy) is 1. The molecule has 0 bridgehead atoms. The molecule has 1 saturated heterocycles. The molecule has 0 aromatic carbocycles. The lowest BCUT2D eigenvalue weighted by Crippen LogP contribution is -2.33. The van der Waals surface area contributed by atoms with Gasteiger partial charge in [-0.05, 0) is 44.0 Å². The summed E-state index contributed by atoms with van der Waals surface area (Å²) in [7, 11) is 2.12. The number of anilines is 1. The van der Waals surface area contributed by atoms with Crippen LogP contribution in [0.2, 0.25) is 0 Å². The van der Waals surface area contributed by atoms with Crippen LogP contribution in [0.1, 0.15) is 24.8 Å². The SMILES string of the molecule is CN(Cc1ccnc(NN)c1)CC1CCCCO1. The van der Waals surface area contributed by atoms with Crippen molar-refractivity contribution in [1.82, 2.24) is 9.88 Å². The topological polar surface area (TPSA) is 63.4 Å². The van der Waals surface area contributed by atoms with Crippen molar-refractivity contribution in [2.45, 2.75) is 31.9 Å². The maximum atomic E-state index is 5.74. The van der Waals surface area contributed by atoms with E-state index in [9.17, 15) is 0 Å². The highest BCUT2D eigenvalue weighted by Gasteiger charge is 2.15. The molecule has 0 aliphatic carbocycles. The van der Waals surface area contributed by atoms with Gasteiger partial charge in [0, 0.05) is 25.9 Å². The van der Waals surface area contributed by atoms with E-state index in [1.165, 1.54) is 24.8 Å². The van der Waals surface area contributed by atoms with Crippen molar-refractivity contribution in [2.24, 2.45) is 5.84 Å². The van der Waals surface area contributed by atoms with Crippen molar-refractivity contribution < 1.29 is 4.74 Å². The van der Waals surface area contributed by atoms with Crippen molar-refractivity contribution in [2.75, 3.05) is 25.6 Å². The Morgan fingerprint density at radius 1 is 1.56 bits per heavy atom. The number of rotatable bonds is 5. The Bertz CT molecular complexity index is 366. The van der Waals surface area contributed by atoms with Gasteiger partial charge in [-0.15, -0.1) is 0 Å². The van der Waals surface area contributed by atoms with E-state index in [4.69, 9.17) is 10.6 Å². The summed E-state index contributed by atoms with van der Waals surface area (Å²) in [6.07, 6.45) is 5.83. The fraction of sp³-hybridized carbons (Fsp3) is 0.615. The van der Waals surface area contributed by atoms with Gasteiger partial charge in [0.25, 0.3) is 0 Å². The second-order valence-corrected chi connectivity index (χ2v) is 4.88. The first-order chi connectivity index (χ1) is 8.78. The normalized spacial score (nSPS) is 20.1. The highest BCUT2D eigenvalue weighted by atomic mass is 16.5. The lowest BCUT2D eigenvalue weighted by molar-refractivity contribution is -0.00259. The standard InChI is InChI=1S/C13H22N4O/c1-17(10-12-4-2-3-7-18-12)9-11-5-6-15-13(8-11)16-14/h5-6,8,12H,2-4,7,9-10,14H2,1H3,(H,15,16). The highest BCUT2D eigenvalue weighted by Crippen LogP contribution is 2.15. The molecule has 1 aliphatic heterocycles. The third-order valence-corrected chi connectivity index (χ3v) is 3.21. The Balaban J connectivity index is 1.83. The fourth-order valence-electron chi connectivity index (χ4n) is 2.33. The van der Waals surface area contributed by atoms with Crippen LogP contribution in [0.3, 0.4) is 0 Å². The Morgan fingerprint density at radius 3 is 3.17 bits per heavy atom. The number of pyridine rings is 1. The molecule has 0 amide bonds. The largest absolute Gasteiger partial charge is 0.377 e. The fourth-order valence-corrected chi connectivity index (χ4v) is 2.33. The van der Waals surface area contributed by atoms with Gasteiger partial charge in [0.2, 0.25) is 0 Å². The van der Waals surface area contributed by atoms with Gasteiger partial charge in [-0.1, -0.05) is 0 Å². The summed E-state index contributed by atoms with van der Waals surface area (Å²) in [6, 6.07) is 3.98. The Hall–Kier alpha value is -1.17. The Labute approximate surface area is 108 Å². The number of hydrogen-bond acceptors (Lipinski definition) is 5. The van der Waals surface area contributed by atoms with Crippen LogP contribution >= 0.6 is 0 Å². The molecule has 0 radical (unpaired) electrons. The van der Waals surface area contributed by atoms with Gasteiger partial charge in [-0.2, -0.15) is 0 Å². The molecule has 1 aromatic rings. The van der Waals surface area contributed by atoms with Crippen LogP contribution < -0.4 is 11.3 Å². The zero-order valence-electron chi connectivity index (χ0n) is 10.9. The molecule has 0 spiro atoms. The molecular formula is C13H22N4O. The maximum Gasteiger partial charge on any atom is 0.140 e. The quantitative estimate of drug-likeness (QED) is 0.610. The van der Waals surface area contributed by atoms with Gasteiger partial charge in [-0.25, -0.2) is 10.8 Å². The van der Waals surface area contributed by atoms with Crippen molar-refractivity contribution >= 4 is 5.82 Å². The van der Waals surface area contributed by atoms with E-state index >= 15 is 0 Å². The van der Waals surface area contributed by atoms with E-state index in [-0.39, 0.29) is 0 Å². The molecule has 2 heterocycles. The van der Waals surface area contributed by atoms with Gasteiger partial charge in [-0.3, -0.25) is 4.90 Å². The minimum absolute atomic E-state index is 0.387. The maximum absolute atomic E-state index is 5.74. The molecule has 1 fully saturated rings. The number of nitrogens with two attached hydrogens (primary N) is 1. The van der Waals surface area contributed by atoms with Gasteiger partial charge in [0.1, 0.15) is 5.82 Å². The minimum atomic E-state index is 0.387. The highest BCUT2D eigenvalue weighted by molar-refractivity contribution is 5.35. The number of hydrogen-bond donors (Lipinski definition) is 2. The van der Waals surface area contributed by atoms with E-state index in [0.29, 0.717) is 11.9 Å². The van der Waals surface area contributed by atoms with Crippen LogP contribution in [0.25, 0.3) is 0 Å². The second-order valence-electron chi connectivity index (χ2n) is 4.88. The van der Waals surface area contributed by atoms with Crippen LogP contribution in [0.4, 0.5) is 5.82 Å². The molecule has 3 N–H and O–H groups in total. The number of aromatic nitrogens is 1. The molecule has 2 rings (SSSR count). The Morgan fingerprint density at radius 2 is 2.44 bits per heavy atom. The average Bonchev–Trinajstić information content (AvgIpc) is 2.40. The van der Waals surface area contributed by atoms with E-state index in [1.807, 2.05) is 12.1 Å². The molecular weight excluding hydrogens is 228 g/mol. The summed E-state index contributed by atoms with van der Waals surface area (Å²) in [5, 5.41) is 0. The first kappa shape index (κ1) is 13.3. The van der Waals surface area contributed by atoms with Crippen LogP contribution in [-0.2, 0) is 11.3 Å². The van der Waals surface area contributed by atoms with E-state index in [1.54, 1.807) is 6.20 Å². The minimum Gasteiger partial charge on any atom is -0.377 e. The van der Waals surface area contributed by atoms with E-state index in [2.05, 4.69) is 22.4 Å². The zero-order valence-corrected chi connectivity index (χ0v) is 10.9. The average molecular weight is 250 g/mol. The number of likely N-dealkylation sites (N-methyl/N-ethyl adjacent to an activating group) is 1. The number of nitrogens with zero attached hydrogens (tertiary/aromatic N) is 2. The molecule has 5 heteroatoms. The van der Waals surface area contributed by atoms with Crippen LogP contribution in [-0.4, -0.2) is 36.2 Å². The molecule has 100 valence electrons. The number of hydrazine groups is 1. The predicted octanol–water partition coefficient (Wildman–Crippen LogP) is 1.37. The van der Waals surface area contributed by atoms with Crippen molar-refractivity contribution in [3.63, 3.8) is 0 Å². The Kier molecular flexibility index (Phi) is 4.92. The third-order valence-electron chi connectivity index (χ3n) is 3.21. The van der Waals surface area contributed by atoms with Gasteiger partial charge in [0.15, 0.2) is 0 Å². The summed E-state index contributed by atoms with van der Waals surface area (Å²) in [5.74, 6) is 6.06. The molecule has 1 atom stereocenters. The molecule has 1 aromatic heterocycles. The van der Waals surface area contributed by atoms with Crippen molar-refractivity contribution in [3.8, 4) is 0 Å². The smallest absolute Gasteiger partial charge is 0.140 e. The molecule has 18 heavy (non-hydrogen) atoms. The van der Waals surface area contributed by atoms with Crippen LogP contribution in [0.5, 0.6) is 0 Å².